The van der Waals surface area contributed by atoms with Gasteiger partial charge < -0.3 is 4.90 Å². The third kappa shape index (κ3) is 4.41. The fourth-order valence-corrected chi connectivity index (χ4v) is 3.96. The van der Waals surface area contributed by atoms with E-state index < -0.39 is 11.7 Å². The molecule has 2 heterocycles. The van der Waals surface area contributed by atoms with Crippen LogP contribution in [0.25, 0.3) is 0 Å². The Balaban J connectivity index is 1.59. The van der Waals surface area contributed by atoms with Gasteiger partial charge in [-0.25, -0.2) is 0 Å². The molecule has 0 aliphatic carbocycles. The van der Waals surface area contributed by atoms with Crippen LogP contribution in [0.15, 0.2) is 24.3 Å². The molecule has 1 atom stereocenters. The van der Waals surface area contributed by atoms with Crippen molar-refractivity contribution in [1.29, 1.82) is 0 Å². The van der Waals surface area contributed by atoms with Gasteiger partial charge in [0.15, 0.2) is 0 Å². The summed E-state index contributed by atoms with van der Waals surface area (Å²) in [6.07, 6.45) is -1.07. The molecule has 1 aromatic heterocycles. The quantitative estimate of drug-likeness (QED) is 0.789. The molecule has 26 heavy (non-hydrogen) atoms. The first-order valence-electron chi connectivity index (χ1n) is 8.59. The van der Waals surface area contributed by atoms with Crippen molar-refractivity contribution < 1.29 is 18.0 Å². The Hall–Kier alpha value is -1.96. The second-order valence-electron chi connectivity index (χ2n) is 6.68. The number of aromatic nitrogens is 2. The zero-order valence-corrected chi connectivity index (χ0v) is 15.2. The minimum Gasteiger partial charge on any atom is -0.338 e. The molecule has 0 N–H and O–H groups in total. The Morgan fingerprint density at radius 1 is 1.38 bits per heavy atom. The average Bonchev–Trinajstić information content (AvgIpc) is 3.05. The van der Waals surface area contributed by atoms with Gasteiger partial charge in [0.25, 0.3) is 5.91 Å². The van der Waals surface area contributed by atoms with Gasteiger partial charge in [-0.15, -0.1) is 5.10 Å². The van der Waals surface area contributed by atoms with Crippen LogP contribution in [0.1, 0.15) is 45.8 Å². The van der Waals surface area contributed by atoms with Gasteiger partial charge in [-0.3, -0.25) is 4.79 Å². The maximum Gasteiger partial charge on any atom is 0.416 e. The number of hydrogen-bond acceptors (Lipinski definition) is 4. The minimum absolute atomic E-state index is 0.0405. The van der Waals surface area contributed by atoms with Gasteiger partial charge in [-0.2, -0.15) is 13.2 Å². The zero-order valence-electron chi connectivity index (χ0n) is 14.4. The molecule has 140 valence electrons. The van der Waals surface area contributed by atoms with E-state index in [2.05, 4.69) is 9.59 Å². The summed E-state index contributed by atoms with van der Waals surface area (Å²) in [5.41, 5.74) is 0.723. The van der Waals surface area contributed by atoms with Crippen LogP contribution in [-0.2, 0) is 12.6 Å². The Kier molecular flexibility index (Phi) is 5.60. The summed E-state index contributed by atoms with van der Waals surface area (Å²) in [5.74, 6) is 0.254. The molecule has 8 heteroatoms. The lowest BCUT2D eigenvalue weighted by atomic mass is 9.91. The van der Waals surface area contributed by atoms with E-state index in [1.807, 2.05) is 4.90 Å². The lowest BCUT2D eigenvalue weighted by Gasteiger charge is -2.32. The van der Waals surface area contributed by atoms with Crippen LogP contribution in [0.3, 0.4) is 0 Å². The molecule has 0 unspecified atom stereocenters. The lowest BCUT2D eigenvalue weighted by molar-refractivity contribution is -0.137. The van der Waals surface area contributed by atoms with E-state index >= 15 is 0 Å². The molecule has 1 aromatic carbocycles. The summed E-state index contributed by atoms with van der Waals surface area (Å²) in [4.78, 5) is 15.0. The molecule has 0 radical (unpaired) electrons. The number of hydrogen-bond donors (Lipinski definition) is 0. The predicted molar refractivity (Wildman–Crippen MR) is 93.0 cm³/mol. The van der Waals surface area contributed by atoms with Gasteiger partial charge in [0.05, 0.1) is 11.3 Å². The number of alkyl halides is 3. The number of halogens is 3. The van der Waals surface area contributed by atoms with Crippen molar-refractivity contribution in [2.45, 2.75) is 38.8 Å². The second kappa shape index (κ2) is 7.73. The van der Waals surface area contributed by atoms with Crippen molar-refractivity contribution in [2.24, 2.45) is 5.92 Å². The van der Waals surface area contributed by atoms with E-state index in [0.717, 1.165) is 36.9 Å². The summed E-state index contributed by atoms with van der Waals surface area (Å²) in [6, 6.07) is 5.50. The van der Waals surface area contributed by atoms with Crippen LogP contribution in [0.4, 0.5) is 13.2 Å². The van der Waals surface area contributed by atoms with Gasteiger partial charge in [0.2, 0.25) is 0 Å². The van der Waals surface area contributed by atoms with Gasteiger partial charge >= 0.3 is 6.18 Å². The van der Waals surface area contributed by atoms with Crippen LogP contribution in [-0.4, -0.2) is 33.5 Å². The zero-order chi connectivity index (χ0) is 18.7. The van der Waals surface area contributed by atoms with Crippen molar-refractivity contribution in [2.75, 3.05) is 13.1 Å². The van der Waals surface area contributed by atoms with Crippen molar-refractivity contribution in [3.63, 3.8) is 0 Å². The maximum atomic E-state index is 12.8. The van der Waals surface area contributed by atoms with Crippen LogP contribution in [0.2, 0.25) is 0 Å². The lowest BCUT2D eigenvalue weighted by Crippen LogP contribution is -2.40. The molecule has 3 rings (SSSR count). The number of aryl methyl sites for hydroxylation is 2. The normalized spacial score (nSPS) is 18.2. The Labute approximate surface area is 154 Å². The Morgan fingerprint density at radius 2 is 2.19 bits per heavy atom. The second-order valence-corrected chi connectivity index (χ2v) is 7.44. The third-order valence-electron chi connectivity index (χ3n) is 4.75. The molecule has 0 bridgehead atoms. The van der Waals surface area contributed by atoms with Crippen LogP contribution in [0, 0.1) is 12.8 Å². The number of likely N-dealkylation sites (tertiary alicyclic amines) is 1. The number of benzene rings is 1. The van der Waals surface area contributed by atoms with Crippen molar-refractivity contribution in [1.82, 2.24) is 14.5 Å². The molecule has 1 fully saturated rings. The fourth-order valence-electron chi connectivity index (χ4n) is 3.33. The average molecular weight is 383 g/mol. The van der Waals surface area contributed by atoms with Crippen molar-refractivity contribution >= 4 is 17.4 Å². The first-order valence-corrected chi connectivity index (χ1v) is 9.36. The molecular formula is C18H20F3N3OS. The number of amides is 1. The van der Waals surface area contributed by atoms with E-state index in [-0.39, 0.29) is 5.91 Å². The molecule has 1 amide bonds. The smallest absolute Gasteiger partial charge is 0.338 e. The molecule has 4 nitrogen and oxygen atoms in total. The summed E-state index contributed by atoms with van der Waals surface area (Å²) in [7, 11) is 0. The highest BCUT2D eigenvalue weighted by molar-refractivity contribution is 7.07. The molecule has 1 aliphatic rings. The number of carbonyl (C=O) groups excluding carboxylic acids is 1. The maximum absolute atomic E-state index is 12.8. The molecule has 0 spiro atoms. The number of nitrogens with zero attached hydrogens (tertiary/aromatic N) is 3. The minimum atomic E-state index is -4.31. The van der Waals surface area contributed by atoms with E-state index in [1.165, 1.54) is 12.1 Å². The van der Waals surface area contributed by atoms with Crippen LogP contribution >= 0.6 is 11.5 Å². The molecule has 2 aromatic rings. The monoisotopic (exact) mass is 383 g/mol. The topological polar surface area (TPSA) is 46.1 Å². The van der Waals surface area contributed by atoms with Gasteiger partial charge in [-0.05, 0) is 61.7 Å². The standard InChI is InChI=1S/C18H20F3N3OS/c1-12-16(26-23-22-12)17(25)24-9-3-5-14(11-24)8-7-13-4-2-6-15(10-13)18(19,20)21/h2,4,6,10,14H,3,5,7-9,11H2,1H3/t14-/m1/s1. The van der Waals surface area contributed by atoms with E-state index in [4.69, 9.17) is 0 Å². The van der Waals surface area contributed by atoms with Crippen LogP contribution < -0.4 is 0 Å². The molecule has 1 aliphatic heterocycles. The highest BCUT2D eigenvalue weighted by atomic mass is 32.1. The van der Waals surface area contributed by atoms with Gasteiger partial charge in [0, 0.05) is 13.1 Å². The Bertz CT molecular complexity index is 775. The summed E-state index contributed by atoms with van der Waals surface area (Å²) in [5, 5.41) is 3.88. The molecular weight excluding hydrogens is 363 g/mol. The first kappa shape index (κ1) is 18.8. The number of carbonyl (C=O) groups is 1. The van der Waals surface area contributed by atoms with Gasteiger partial charge in [-0.1, -0.05) is 22.7 Å². The third-order valence-corrected chi connectivity index (χ3v) is 5.56. The largest absolute Gasteiger partial charge is 0.416 e. The Morgan fingerprint density at radius 3 is 2.88 bits per heavy atom. The van der Waals surface area contributed by atoms with E-state index in [1.54, 1.807) is 13.0 Å². The van der Waals surface area contributed by atoms with Crippen molar-refractivity contribution in [3.8, 4) is 0 Å². The van der Waals surface area contributed by atoms with E-state index in [0.29, 0.717) is 41.6 Å². The predicted octanol–water partition coefficient (Wildman–Crippen LogP) is 4.35. The summed E-state index contributed by atoms with van der Waals surface area (Å²) >= 11 is 1.11. The fraction of sp³-hybridized carbons (Fsp3) is 0.500. The van der Waals surface area contributed by atoms with Crippen LogP contribution in [0.5, 0.6) is 0 Å². The summed E-state index contributed by atoms with van der Waals surface area (Å²) in [6.45, 7) is 3.11. The molecule has 1 saturated heterocycles. The summed E-state index contributed by atoms with van der Waals surface area (Å²) < 4.78 is 42.3. The number of rotatable bonds is 4. The number of piperidine rings is 1. The SMILES string of the molecule is Cc1nnsc1C(=O)N1CCC[C@H](CCc2cccc(C(F)(F)F)c2)C1. The molecule has 0 saturated carbocycles. The highest BCUT2D eigenvalue weighted by Gasteiger charge is 2.30. The highest BCUT2D eigenvalue weighted by Crippen LogP contribution is 2.30. The van der Waals surface area contributed by atoms with Gasteiger partial charge in [0.1, 0.15) is 4.88 Å². The van der Waals surface area contributed by atoms with E-state index in [9.17, 15) is 18.0 Å². The van der Waals surface area contributed by atoms with Crippen molar-refractivity contribution in [3.05, 3.63) is 46.0 Å². The first-order chi connectivity index (χ1) is 12.3.